The number of hydrogen-bond donors (Lipinski definition) is 2. The summed E-state index contributed by atoms with van der Waals surface area (Å²) in [6.07, 6.45) is -0.471. The fourth-order valence-electron chi connectivity index (χ4n) is 1.65. The van der Waals surface area contributed by atoms with E-state index in [1.54, 1.807) is 19.2 Å². The third-order valence-electron chi connectivity index (χ3n) is 2.55. The van der Waals surface area contributed by atoms with Crippen molar-refractivity contribution in [2.45, 2.75) is 12.1 Å². The number of rotatable bonds is 3. The highest BCUT2D eigenvalue weighted by molar-refractivity contribution is 6.32. The molecule has 1 heterocycles. The van der Waals surface area contributed by atoms with Crippen LogP contribution in [0.25, 0.3) is 0 Å². The Kier molecular flexibility index (Phi) is 3.53. The molecule has 1 saturated heterocycles. The number of anilines is 1. The van der Waals surface area contributed by atoms with E-state index in [1.165, 1.54) is 0 Å². The van der Waals surface area contributed by atoms with Gasteiger partial charge >= 0.3 is 0 Å². The number of halogens is 1. The average molecular weight is 244 g/mol. The van der Waals surface area contributed by atoms with Crippen molar-refractivity contribution < 1.29 is 14.6 Å². The summed E-state index contributed by atoms with van der Waals surface area (Å²) in [7, 11) is 1.57. The Morgan fingerprint density at radius 3 is 2.88 bits per heavy atom. The van der Waals surface area contributed by atoms with E-state index in [9.17, 15) is 5.11 Å². The number of ether oxygens (including phenoxy) is 2. The Morgan fingerprint density at radius 2 is 2.31 bits per heavy atom. The summed E-state index contributed by atoms with van der Waals surface area (Å²) in [5, 5.41) is 13.3. The monoisotopic (exact) mass is 243 g/mol. The van der Waals surface area contributed by atoms with Gasteiger partial charge in [0.15, 0.2) is 0 Å². The van der Waals surface area contributed by atoms with Gasteiger partial charge in [0.1, 0.15) is 5.75 Å². The van der Waals surface area contributed by atoms with Crippen LogP contribution in [0, 0.1) is 0 Å². The largest absolute Gasteiger partial charge is 0.495 e. The lowest BCUT2D eigenvalue weighted by Crippen LogP contribution is -2.31. The number of aliphatic hydroxyl groups excluding tert-OH is 1. The molecule has 1 fully saturated rings. The first kappa shape index (κ1) is 11.5. The maximum atomic E-state index is 9.58. The van der Waals surface area contributed by atoms with Crippen LogP contribution in [0.15, 0.2) is 18.2 Å². The second-order valence-electron chi connectivity index (χ2n) is 3.70. The van der Waals surface area contributed by atoms with E-state index < -0.39 is 6.10 Å². The summed E-state index contributed by atoms with van der Waals surface area (Å²) in [5.41, 5.74) is 0.848. The highest BCUT2D eigenvalue weighted by atomic mass is 35.5. The topological polar surface area (TPSA) is 50.7 Å². The fourth-order valence-corrected chi connectivity index (χ4v) is 1.91. The first-order chi connectivity index (χ1) is 7.70. The van der Waals surface area contributed by atoms with E-state index in [0.717, 1.165) is 5.69 Å². The third kappa shape index (κ3) is 2.40. The molecule has 0 spiro atoms. The van der Waals surface area contributed by atoms with Gasteiger partial charge in [0.05, 0.1) is 37.5 Å². The number of aliphatic hydroxyl groups is 1. The van der Waals surface area contributed by atoms with Crippen LogP contribution in [0.2, 0.25) is 5.02 Å². The molecular formula is C11H14ClNO3. The van der Waals surface area contributed by atoms with Gasteiger partial charge in [-0.2, -0.15) is 0 Å². The number of methoxy groups -OCH3 is 1. The van der Waals surface area contributed by atoms with Crippen molar-refractivity contribution in [1.82, 2.24) is 0 Å². The van der Waals surface area contributed by atoms with Gasteiger partial charge in [-0.25, -0.2) is 0 Å². The van der Waals surface area contributed by atoms with E-state index >= 15 is 0 Å². The zero-order valence-electron chi connectivity index (χ0n) is 8.94. The van der Waals surface area contributed by atoms with Gasteiger partial charge in [0.25, 0.3) is 0 Å². The van der Waals surface area contributed by atoms with E-state index in [2.05, 4.69) is 5.32 Å². The van der Waals surface area contributed by atoms with Gasteiger partial charge in [-0.15, -0.1) is 0 Å². The molecule has 2 N–H and O–H groups in total. The number of hydrogen-bond acceptors (Lipinski definition) is 4. The van der Waals surface area contributed by atoms with Crippen LogP contribution in [0.3, 0.4) is 0 Å². The molecule has 1 aliphatic heterocycles. The predicted octanol–water partition coefficient (Wildman–Crippen LogP) is 1.52. The van der Waals surface area contributed by atoms with Gasteiger partial charge in [-0.1, -0.05) is 11.6 Å². The minimum absolute atomic E-state index is 0.0792. The van der Waals surface area contributed by atoms with Crippen molar-refractivity contribution >= 4 is 17.3 Å². The molecule has 0 radical (unpaired) electrons. The lowest BCUT2D eigenvalue weighted by atomic mass is 10.2. The maximum absolute atomic E-state index is 9.58. The smallest absolute Gasteiger partial charge is 0.137 e. The zero-order valence-corrected chi connectivity index (χ0v) is 9.70. The molecule has 0 bridgehead atoms. The van der Waals surface area contributed by atoms with Crippen molar-refractivity contribution in [2.75, 3.05) is 25.6 Å². The maximum Gasteiger partial charge on any atom is 0.137 e. The summed E-state index contributed by atoms with van der Waals surface area (Å²) < 4.78 is 10.2. The first-order valence-electron chi connectivity index (χ1n) is 5.06. The molecule has 2 rings (SSSR count). The Labute approximate surface area is 99.1 Å². The normalized spacial score (nSPS) is 24.4. The molecule has 0 amide bonds. The van der Waals surface area contributed by atoms with Crippen LogP contribution in [0.5, 0.6) is 5.75 Å². The van der Waals surface area contributed by atoms with E-state index in [-0.39, 0.29) is 6.04 Å². The molecule has 0 aromatic heterocycles. The van der Waals surface area contributed by atoms with Gasteiger partial charge in [0, 0.05) is 5.69 Å². The molecule has 1 aromatic carbocycles. The SMILES string of the molecule is COc1ccc(NC2COCC2O)cc1Cl. The van der Waals surface area contributed by atoms with E-state index in [1.807, 2.05) is 6.07 Å². The quantitative estimate of drug-likeness (QED) is 0.845. The third-order valence-corrected chi connectivity index (χ3v) is 2.85. The lowest BCUT2D eigenvalue weighted by Gasteiger charge is -2.16. The fraction of sp³-hybridized carbons (Fsp3) is 0.455. The minimum atomic E-state index is -0.471. The Balaban J connectivity index is 2.07. The highest BCUT2D eigenvalue weighted by Crippen LogP contribution is 2.28. The molecule has 4 nitrogen and oxygen atoms in total. The van der Waals surface area contributed by atoms with Crippen molar-refractivity contribution in [2.24, 2.45) is 0 Å². The summed E-state index contributed by atoms with van der Waals surface area (Å²) in [4.78, 5) is 0. The first-order valence-corrected chi connectivity index (χ1v) is 5.44. The van der Waals surface area contributed by atoms with Gasteiger partial charge in [-0.05, 0) is 18.2 Å². The molecule has 0 saturated carbocycles. The second kappa shape index (κ2) is 4.91. The van der Waals surface area contributed by atoms with Crippen LogP contribution < -0.4 is 10.1 Å². The molecule has 2 unspecified atom stereocenters. The van der Waals surface area contributed by atoms with Crippen molar-refractivity contribution in [3.05, 3.63) is 23.2 Å². The Hall–Kier alpha value is -0.970. The molecular weight excluding hydrogens is 230 g/mol. The highest BCUT2D eigenvalue weighted by Gasteiger charge is 2.25. The molecule has 16 heavy (non-hydrogen) atoms. The van der Waals surface area contributed by atoms with Crippen LogP contribution >= 0.6 is 11.6 Å². The Morgan fingerprint density at radius 1 is 1.50 bits per heavy atom. The zero-order chi connectivity index (χ0) is 11.5. The van der Waals surface area contributed by atoms with Crippen LogP contribution in [-0.4, -0.2) is 37.6 Å². The van der Waals surface area contributed by atoms with Crippen LogP contribution in [0.4, 0.5) is 5.69 Å². The standard InChI is InChI=1S/C11H14ClNO3/c1-15-11-3-2-7(4-8(11)12)13-9-5-16-6-10(9)14/h2-4,9-10,13-14H,5-6H2,1H3. The van der Waals surface area contributed by atoms with E-state index in [0.29, 0.717) is 24.0 Å². The van der Waals surface area contributed by atoms with Crippen molar-refractivity contribution in [3.8, 4) is 5.75 Å². The summed E-state index contributed by atoms with van der Waals surface area (Å²) in [6.45, 7) is 0.881. The number of nitrogens with one attached hydrogen (secondary N) is 1. The van der Waals surface area contributed by atoms with Crippen molar-refractivity contribution in [3.63, 3.8) is 0 Å². The Bertz CT molecular complexity index is 372. The average Bonchev–Trinajstić information content (AvgIpc) is 2.65. The van der Waals surface area contributed by atoms with Crippen molar-refractivity contribution in [1.29, 1.82) is 0 Å². The molecule has 5 heteroatoms. The molecule has 2 atom stereocenters. The van der Waals surface area contributed by atoms with E-state index in [4.69, 9.17) is 21.1 Å². The van der Waals surface area contributed by atoms with Gasteiger partial charge in [0.2, 0.25) is 0 Å². The summed E-state index contributed by atoms with van der Waals surface area (Å²) >= 11 is 5.99. The molecule has 0 aliphatic carbocycles. The second-order valence-corrected chi connectivity index (χ2v) is 4.11. The molecule has 88 valence electrons. The summed E-state index contributed by atoms with van der Waals surface area (Å²) in [6, 6.07) is 5.33. The van der Waals surface area contributed by atoms with Crippen LogP contribution in [-0.2, 0) is 4.74 Å². The van der Waals surface area contributed by atoms with Gasteiger partial charge < -0.3 is 19.9 Å². The minimum Gasteiger partial charge on any atom is -0.495 e. The predicted molar refractivity (Wildman–Crippen MR) is 62.2 cm³/mol. The van der Waals surface area contributed by atoms with Crippen LogP contribution in [0.1, 0.15) is 0 Å². The lowest BCUT2D eigenvalue weighted by molar-refractivity contribution is 0.125. The summed E-state index contributed by atoms with van der Waals surface area (Å²) in [5.74, 6) is 0.635. The van der Waals surface area contributed by atoms with Gasteiger partial charge in [-0.3, -0.25) is 0 Å². The number of benzene rings is 1. The molecule has 1 aliphatic rings. The molecule has 1 aromatic rings.